The third-order valence-electron chi connectivity index (χ3n) is 7.13. The molecule has 1 saturated heterocycles. The van der Waals surface area contributed by atoms with Gasteiger partial charge in [-0.25, -0.2) is 0 Å². The van der Waals surface area contributed by atoms with Crippen molar-refractivity contribution in [1.29, 1.82) is 0 Å². The van der Waals surface area contributed by atoms with Gasteiger partial charge in [0.2, 0.25) is 0 Å². The average Bonchev–Trinajstić information content (AvgIpc) is 3.27. The van der Waals surface area contributed by atoms with E-state index in [4.69, 9.17) is 9.47 Å². The van der Waals surface area contributed by atoms with E-state index < -0.39 is 0 Å². The maximum absolute atomic E-state index is 13.4. The first-order valence-electron chi connectivity index (χ1n) is 13.8. The number of rotatable bonds is 10. The van der Waals surface area contributed by atoms with Crippen molar-refractivity contribution in [3.05, 3.63) is 83.4 Å². The lowest BCUT2D eigenvalue weighted by molar-refractivity contribution is -0.110. The molecule has 38 heavy (non-hydrogen) atoms. The Morgan fingerprint density at radius 3 is 2.26 bits per heavy atom. The van der Waals surface area contributed by atoms with E-state index in [1.807, 2.05) is 56.3 Å². The van der Waals surface area contributed by atoms with E-state index in [1.54, 1.807) is 0 Å². The highest BCUT2D eigenvalue weighted by Crippen LogP contribution is 2.43. The summed E-state index contributed by atoms with van der Waals surface area (Å²) in [5.41, 5.74) is 6.07. The molecule has 1 amide bonds. The Morgan fingerprint density at radius 2 is 1.58 bits per heavy atom. The van der Waals surface area contributed by atoms with Gasteiger partial charge in [0.1, 0.15) is 0 Å². The molecular formula is C32H37N3O3. The number of carbonyl (C=O) groups excluding carboxylic acids is 1. The molecule has 0 spiro atoms. The number of carbonyl (C=O) groups is 1. The normalized spacial score (nSPS) is 16.5. The number of ether oxygens (including phenoxy) is 2. The van der Waals surface area contributed by atoms with E-state index in [0.29, 0.717) is 30.3 Å². The number of hydrogen-bond acceptors (Lipinski definition) is 5. The third kappa shape index (κ3) is 5.86. The Hall–Kier alpha value is -3.77. The minimum Gasteiger partial charge on any atom is -0.490 e. The summed E-state index contributed by atoms with van der Waals surface area (Å²) in [4.78, 5) is 15.9. The molecule has 0 aromatic heterocycles. The van der Waals surface area contributed by atoms with Crippen LogP contribution >= 0.6 is 0 Å². The van der Waals surface area contributed by atoms with Gasteiger partial charge in [-0.15, -0.1) is 0 Å². The largest absolute Gasteiger partial charge is 0.490 e. The highest BCUT2D eigenvalue weighted by atomic mass is 16.5. The van der Waals surface area contributed by atoms with Crippen LogP contribution in [0.4, 0.5) is 11.4 Å². The first-order chi connectivity index (χ1) is 18.7. The summed E-state index contributed by atoms with van der Waals surface area (Å²) >= 11 is 0. The number of hydrogen-bond donors (Lipinski definition) is 2. The Balaban J connectivity index is 1.46. The van der Waals surface area contributed by atoms with Crippen LogP contribution in [-0.2, 0) is 11.2 Å². The molecule has 6 nitrogen and oxygen atoms in total. The highest BCUT2D eigenvalue weighted by molar-refractivity contribution is 6.37. The zero-order valence-corrected chi connectivity index (χ0v) is 22.4. The zero-order valence-electron chi connectivity index (χ0n) is 22.4. The number of nitrogens with zero attached hydrogens (tertiary/aromatic N) is 1. The Bertz CT molecular complexity index is 1280. The average molecular weight is 512 g/mol. The fourth-order valence-corrected chi connectivity index (χ4v) is 5.22. The first kappa shape index (κ1) is 25.9. The molecule has 0 radical (unpaired) electrons. The van der Waals surface area contributed by atoms with Gasteiger partial charge in [0.25, 0.3) is 5.91 Å². The molecule has 2 aliphatic heterocycles. The summed E-state index contributed by atoms with van der Waals surface area (Å²) in [6, 6.07) is 22.3. The zero-order chi connectivity index (χ0) is 26.3. The van der Waals surface area contributed by atoms with Crippen LogP contribution in [0, 0.1) is 0 Å². The van der Waals surface area contributed by atoms with E-state index in [0.717, 1.165) is 41.2 Å². The topological polar surface area (TPSA) is 62.8 Å². The minimum absolute atomic E-state index is 0.152. The summed E-state index contributed by atoms with van der Waals surface area (Å²) in [5, 5.41) is 6.60. The molecule has 198 valence electrons. The van der Waals surface area contributed by atoms with Crippen LogP contribution in [-0.4, -0.2) is 43.7 Å². The van der Waals surface area contributed by atoms with E-state index in [2.05, 4.69) is 39.8 Å². The number of piperidine rings is 1. The molecule has 3 aromatic rings. The van der Waals surface area contributed by atoms with Gasteiger partial charge < -0.3 is 25.0 Å². The van der Waals surface area contributed by atoms with Crippen molar-refractivity contribution in [2.75, 3.05) is 43.5 Å². The molecule has 6 heteroatoms. The number of benzene rings is 3. The molecule has 0 unspecified atom stereocenters. The summed E-state index contributed by atoms with van der Waals surface area (Å²) in [5.74, 6) is 1.11. The van der Waals surface area contributed by atoms with Crippen LogP contribution in [0.1, 0.15) is 49.8 Å². The van der Waals surface area contributed by atoms with Gasteiger partial charge in [0.15, 0.2) is 11.5 Å². The Morgan fingerprint density at radius 1 is 0.895 bits per heavy atom. The smallest absolute Gasteiger partial charge is 0.258 e. The maximum Gasteiger partial charge on any atom is 0.258 e. The second-order valence-electron chi connectivity index (χ2n) is 9.75. The molecular weight excluding hydrogens is 474 g/mol. The Kier molecular flexibility index (Phi) is 8.29. The van der Waals surface area contributed by atoms with E-state index in [1.165, 1.54) is 37.9 Å². The van der Waals surface area contributed by atoms with Crippen LogP contribution in [0.15, 0.2) is 66.7 Å². The molecule has 2 N–H and O–H groups in total. The lowest BCUT2D eigenvalue weighted by Gasteiger charge is -2.26. The van der Waals surface area contributed by atoms with Crippen molar-refractivity contribution in [3.63, 3.8) is 0 Å². The van der Waals surface area contributed by atoms with Crippen molar-refractivity contribution in [1.82, 2.24) is 4.90 Å². The molecule has 1 fully saturated rings. The van der Waals surface area contributed by atoms with Gasteiger partial charge in [0, 0.05) is 23.9 Å². The van der Waals surface area contributed by atoms with Crippen molar-refractivity contribution < 1.29 is 14.3 Å². The van der Waals surface area contributed by atoms with Gasteiger partial charge in [-0.2, -0.15) is 0 Å². The predicted molar refractivity (Wildman–Crippen MR) is 155 cm³/mol. The lowest BCUT2D eigenvalue weighted by atomic mass is 9.99. The van der Waals surface area contributed by atoms with E-state index in [-0.39, 0.29) is 5.91 Å². The summed E-state index contributed by atoms with van der Waals surface area (Å²) in [6.45, 7) is 8.44. The number of nitrogens with one attached hydrogen (secondary N) is 2. The molecule has 0 saturated carbocycles. The van der Waals surface area contributed by atoms with E-state index in [9.17, 15) is 4.79 Å². The van der Waals surface area contributed by atoms with Crippen LogP contribution in [0.25, 0.3) is 11.3 Å². The molecule has 2 aliphatic rings. The van der Waals surface area contributed by atoms with Gasteiger partial charge in [-0.05, 0) is 75.5 Å². The third-order valence-corrected chi connectivity index (χ3v) is 7.13. The van der Waals surface area contributed by atoms with Crippen LogP contribution in [0.5, 0.6) is 11.5 Å². The fourth-order valence-electron chi connectivity index (χ4n) is 5.22. The van der Waals surface area contributed by atoms with Gasteiger partial charge in [-0.1, -0.05) is 48.9 Å². The van der Waals surface area contributed by atoms with Gasteiger partial charge in [0.05, 0.1) is 30.2 Å². The molecule has 2 heterocycles. The Labute approximate surface area is 225 Å². The summed E-state index contributed by atoms with van der Waals surface area (Å²) in [7, 11) is 0. The fraction of sp³-hybridized carbons (Fsp3) is 0.344. The quantitative estimate of drug-likeness (QED) is 0.307. The maximum atomic E-state index is 13.4. The van der Waals surface area contributed by atoms with Crippen molar-refractivity contribution in [3.8, 4) is 11.5 Å². The lowest BCUT2D eigenvalue weighted by Crippen LogP contribution is -2.31. The van der Waals surface area contributed by atoms with E-state index >= 15 is 0 Å². The second-order valence-corrected chi connectivity index (χ2v) is 9.75. The van der Waals surface area contributed by atoms with Crippen molar-refractivity contribution in [2.45, 2.75) is 39.5 Å². The molecule has 0 atom stereocenters. The number of anilines is 2. The van der Waals surface area contributed by atoms with Gasteiger partial charge >= 0.3 is 0 Å². The molecule has 5 rings (SSSR count). The highest BCUT2D eigenvalue weighted by Gasteiger charge is 2.30. The van der Waals surface area contributed by atoms with Gasteiger partial charge in [-0.3, -0.25) is 4.79 Å². The van der Waals surface area contributed by atoms with Crippen molar-refractivity contribution in [2.24, 2.45) is 0 Å². The standard InChI is InChI=1S/C32H37N3O3/c1-3-37-28-21-26-27(22-29(28)38-4-2)34-32(36)30(26)31(24-11-7-5-8-12-24)33-25-15-13-23(14-16-25)17-20-35-18-9-6-10-19-35/h5,7-8,11-16,21-22,33H,3-4,6,9-10,17-20H2,1-2H3,(H,34,36). The number of likely N-dealkylation sites (tertiary alicyclic amines) is 1. The molecule has 3 aromatic carbocycles. The van der Waals surface area contributed by atoms with Crippen LogP contribution < -0.4 is 20.1 Å². The summed E-state index contributed by atoms with van der Waals surface area (Å²) in [6.07, 6.45) is 5.04. The molecule has 0 aliphatic carbocycles. The monoisotopic (exact) mass is 511 g/mol. The predicted octanol–water partition coefficient (Wildman–Crippen LogP) is 6.44. The number of amides is 1. The van der Waals surface area contributed by atoms with Crippen LogP contribution in [0.3, 0.4) is 0 Å². The second kappa shape index (κ2) is 12.2. The van der Waals surface area contributed by atoms with Crippen LogP contribution in [0.2, 0.25) is 0 Å². The number of fused-ring (bicyclic) bond motifs is 1. The SMILES string of the molecule is CCOc1cc2c(cc1OCC)C(=C(Nc1ccc(CCN3CCCCC3)cc1)c1ccccc1)C(=O)N2. The molecule has 0 bridgehead atoms. The van der Waals surface area contributed by atoms with Crippen molar-refractivity contribution >= 4 is 28.6 Å². The summed E-state index contributed by atoms with van der Waals surface area (Å²) < 4.78 is 11.7. The first-order valence-corrected chi connectivity index (χ1v) is 13.8. The minimum atomic E-state index is -0.152.